The number of ketones is 1. The number of aromatic nitrogens is 2. The minimum absolute atomic E-state index is 0.0754. The molecule has 0 bridgehead atoms. The monoisotopic (exact) mass is 350 g/mol. The van der Waals surface area contributed by atoms with E-state index in [1.165, 1.54) is 0 Å². The van der Waals surface area contributed by atoms with Crippen LogP contribution in [0.25, 0.3) is 11.0 Å². The quantitative estimate of drug-likeness (QED) is 0.779. The van der Waals surface area contributed by atoms with Crippen LogP contribution in [0.1, 0.15) is 43.0 Å². The van der Waals surface area contributed by atoms with Crippen LogP contribution in [0.4, 0.5) is 0 Å². The van der Waals surface area contributed by atoms with Crippen molar-refractivity contribution in [2.24, 2.45) is 19.5 Å². The Morgan fingerprint density at radius 1 is 1.14 bits per heavy atom. The van der Waals surface area contributed by atoms with Crippen molar-refractivity contribution in [3.8, 4) is 0 Å². The second-order valence-electron chi connectivity index (χ2n) is 6.32. The molecule has 0 amide bonds. The minimum atomic E-state index is -0.260. The normalized spacial score (nSPS) is 17.5. The van der Waals surface area contributed by atoms with Crippen LogP contribution in [0, 0.1) is 5.41 Å². The molecule has 0 atom stereocenters. The number of rotatable bonds is 2. The summed E-state index contributed by atoms with van der Waals surface area (Å²) in [6.45, 7) is 2.06. The fourth-order valence-electron chi connectivity index (χ4n) is 3.40. The molecule has 0 aliphatic heterocycles. The zero-order chi connectivity index (χ0) is 15.4. The summed E-state index contributed by atoms with van der Waals surface area (Å²) in [5.74, 6) is 0.185. The van der Waals surface area contributed by atoms with Crippen LogP contribution in [0.3, 0.4) is 0 Å². The van der Waals surface area contributed by atoms with Gasteiger partial charge in [-0.15, -0.1) is 0 Å². The first-order valence-electron chi connectivity index (χ1n) is 7.25. The van der Waals surface area contributed by atoms with Crippen molar-refractivity contribution in [2.75, 3.05) is 0 Å². The van der Waals surface area contributed by atoms with Crippen molar-refractivity contribution in [3.05, 3.63) is 32.7 Å². The number of imidazole rings is 1. The molecule has 112 valence electrons. The van der Waals surface area contributed by atoms with Gasteiger partial charge in [-0.3, -0.25) is 13.9 Å². The largest absolute Gasteiger partial charge is 0.328 e. The molecule has 1 aliphatic rings. The lowest BCUT2D eigenvalue weighted by Gasteiger charge is -2.22. The van der Waals surface area contributed by atoms with Gasteiger partial charge in [0, 0.05) is 29.5 Å². The van der Waals surface area contributed by atoms with Crippen LogP contribution in [-0.4, -0.2) is 14.9 Å². The van der Waals surface area contributed by atoms with Crippen LogP contribution < -0.4 is 5.69 Å². The van der Waals surface area contributed by atoms with Gasteiger partial charge in [-0.1, -0.05) is 19.8 Å². The zero-order valence-electron chi connectivity index (χ0n) is 12.6. The maximum absolute atomic E-state index is 12.9. The van der Waals surface area contributed by atoms with Crippen molar-refractivity contribution in [3.63, 3.8) is 0 Å². The van der Waals surface area contributed by atoms with Crippen molar-refractivity contribution < 1.29 is 4.79 Å². The summed E-state index contributed by atoms with van der Waals surface area (Å²) in [7, 11) is 3.49. The predicted molar refractivity (Wildman–Crippen MR) is 86.8 cm³/mol. The molecule has 0 radical (unpaired) electrons. The first-order chi connectivity index (χ1) is 9.85. The first kappa shape index (κ1) is 14.6. The van der Waals surface area contributed by atoms with E-state index in [2.05, 4.69) is 22.9 Å². The molecule has 1 fully saturated rings. The Balaban J connectivity index is 2.20. The number of carbonyl (C=O) groups excluding carboxylic acids is 1. The van der Waals surface area contributed by atoms with E-state index in [1.54, 1.807) is 23.2 Å². The third kappa shape index (κ3) is 2.09. The molecule has 3 rings (SSSR count). The Morgan fingerprint density at radius 3 is 2.24 bits per heavy atom. The number of carbonyl (C=O) groups is 1. The average Bonchev–Trinajstić information content (AvgIpc) is 2.98. The van der Waals surface area contributed by atoms with Crippen LogP contribution in [0.15, 0.2) is 21.4 Å². The van der Waals surface area contributed by atoms with E-state index in [0.29, 0.717) is 5.56 Å². The van der Waals surface area contributed by atoms with Gasteiger partial charge in [0.1, 0.15) is 0 Å². The van der Waals surface area contributed by atoms with Gasteiger partial charge >= 0.3 is 5.69 Å². The Labute approximate surface area is 131 Å². The Morgan fingerprint density at radius 2 is 1.67 bits per heavy atom. The summed E-state index contributed by atoms with van der Waals surface area (Å²) in [6.07, 6.45) is 4.13. The molecular weight excluding hydrogens is 332 g/mol. The lowest BCUT2D eigenvalue weighted by Crippen LogP contribution is -2.24. The Hall–Kier alpha value is -1.36. The van der Waals surface area contributed by atoms with E-state index in [9.17, 15) is 9.59 Å². The number of hydrogen-bond donors (Lipinski definition) is 0. The van der Waals surface area contributed by atoms with E-state index < -0.39 is 0 Å². The van der Waals surface area contributed by atoms with Gasteiger partial charge in [0.15, 0.2) is 5.78 Å². The molecule has 0 unspecified atom stereocenters. The standard InChI is InChI=1S/C16H19BrN2O2/c1-16(6-4-5-7-16)14(20)10-8-12-13(9-11(10)17)19(3)15(21)18(12)2/h8-9H,4-7H2,1-3H3. The van der Waals surface area contributed by atoms with Gasteiger partial charge in [-0.2, -0.15) is 0 Å². The SMILES string of the molecule is Cn1c(=O)n(C)c2cc(C(=O)C3(C)CCCC3)c(Br)cc21. The fraction of sp³-hybridized carbons (Fsp3) is 0.500. The van der Waals surface area contributed by atoms with Crippen LogP contribution in [0.5, 0.6) is 0 Å². The molecule has 1 heterocycles. The molecule has 1 aliphatic carbocycles. The number of Topliss-reactive ketones (excluding diaryl/α,β-unsaturated/α-hetero) is 1. The fourth-order valence-corrected chi connectivity index (χ4v) is 3.91. The van der Waals surface area contributed by atoms with Gasteiger partial charge < -0.3 is 0 Å². The minimum Gasteiger partial charge on any atom is -0.295 e. The number of benzene rings is 1. The Kier molecular flexibility index (Phi) is 3.35. The van der Waals surface area contributed by atoms with Crippen molar-refractivity contribution >= 4 is 32.7 Å². The summed E-state index contributed by atoms with van der Waals surface area (Å²) >= 11 is 3.51. The summed E-state index contributed by atoms with van der Waals surface area (Å²) in [5, 5.41) is 0. The third-order valence-electron chi connectivity index (χ3n) is 4.86. The van der Waals surface area contributed by atoms with E-state index in [4.69, 9.17) is 0 Å². The highest BCUT2D eigenvalue weighted by Crippen LogP contribution is 2.41. The molecule has 1 aromatic carbocycles. The second kappa shape index (κ2) is 4.83. The molecular formula is C16H19BrN2O2. The average molecular weight is 351 g/mol. The van der Waals surface area contributed by atoms with E-state index in [-0.39, 0.29) is 16.9 Å². The van der Waals surface area contributed by atoms with E-state index in [0.717, 1.165) is 41.2 Å². The molecule has 4 nitrogen and oxygen atoms in total. The zero-order valence-corrected chi connectivity index (χ0v) is 14.2. The molecule has 1 aromatic heterocycles. The first-order valence-corrected chi connectivity index (χ1v) is 8.04. The topological polar surface area (TPSA) is 44.0 Å². The van der Waals surface area contributed by atoms with Crippen LogP contribution in [-0.2, 0) is 14.1 Å². The number of halogens is 1. The molecule has 0 N–H and O–H groups in total. The summed E-state index contributed by atoms with van der Waals surface area (Å²) in [4.78, 5) is 24.9. The van der Waals surface area contributed by atoms with Crippen molar-refractivity contribution in [1.29, 1.82) is 0 Å². The van der Waals surface area contributed by atoms with Gasteiger partial charge in [0.05, 0.1) is 11.0 Å². The number of hydrogen-bond acceptors (Lipinski definition) is 2. The predicted octanol–water partition coefficient (Wildman–Crippen LogP) is 3.40. The highest BCUT2D eigenvalue weighted by Gasteiger charge is 2.37. The number of aryl methyl sites for hydroxylation is 2. The lowest BCUT2D eigenvalue weighted by molar-refractivity contribution is 0.0823. The smallest absolute Gasteiger partial charge is 0.295 e. The summed E-state index contributed by atoms with van der Waals surface area (Å²) < 4.78 is 3.97. The van der Waals surface area contributed by atoms with Gasteiger partial charge in [0.25, 0.3) is 0 Å². The second-order valence-corrected chi connectivity index (χ2v) is 7.17. The van der Waals surface area contributed by atoms with Crippen molar-refractivity contribution in [2.45, 2.75) is 32.6 Å². The molecule has 21 heavy (non-hydrogen) atoms. The molecule has 2 aromatic rings. The van der Waals surface area contributed by atoms with Gasteiger partial charge in [-0.05, 0) is 40.9 Å². The molecule has 0 spiro atoms. The molecule has 5 heteroatoms. The van der Waals surface area contributed by atoms with E-state index >= 15 is 0 Å². The molecule has 0 saturated heterocycles. The maximum atomic E-state index is 12.9. The lowest BCUT2D eigenvalue weighted by atomic mass is 9.81. The van der Waals surface area contributed by atoms with Gasteiger partial charge in [-0.25, -0.2) is 4.79 Å². The number of nitrogens with zero attached hydrogens (tertiary/aromatic N) is 2. The highest BCUT2D eigenvalue weighted by atomic mass is 79.9. The summed E-state index contributed by atoms with van der Waals surface area (Å²) in [6, 6.07) is 3.73. The molecule has 1 saturated carbocycles. The maximum Gasteiger partial charge on any atom is 0.328 e. The highest BCUT2D eigenvalue weighted by molar-refractivity contribution is 9.10. The number of fused-ring (bicyclic) bond motifs is 1. The third-order valence-corrected chi connectivity index (χ3v) is 5.52. The van der Waals surface area contributed by atoms with E-state index in [1.807, 2.05) is 12.1 Å². The van der Waals surface area contributed by atoms with Crippen molar-refractivity contribution in [1.82, 2.24) is 9.13 Å². The van der Waals surface area contributed by atoms with Crippen LogP contribution >= 0.6 is 15.9 Å². The van der Waals surface area contributed by atoms with Gasteiger partial charge in [0.2, 0.25) is 0 Å². The van der Waals surface area contributed by atoms with Crippen LogP contribution in [0.2, 0.25) is 0 Å². The Bertz CT molecular complexity index is 795. The summed E-state index contributed by atoms with van der Waals surface area (Å²) in [5.41, 5.74) is 1.99.